The van der Waals surface area contributed by atoms with Gasteiger partial charge in [0.2, 0.25) is 0 Å². The second kappa shape index (κ2) is 3.19. The number of rotatable bonds is 1. The number of hydrogen-bond donors (Lipinski definition) is 1. The molecule has 0 aliphatic carbocycles. The molecule has 0 aromatic carbocycles. The van der Waals surface area contributed by atoms with Gasteiger partial charge in [0.25, 0.3) is 0 Å². The molecule has 1 atom stereocenters. The molecule has 1 aromatic heterocycles. The summed E-state index contributed by atoms with van der Waals surface area (Å²) >= 11 is 1.97. The Kier molecular flexibility index (Phi) is 2.20. The highest BCUT2D eigenvalue weighted by atomic mass is 32.1. The van der Waals surface area contributed by atoms with E-state index in [9.17, 15) is 0 Å². The molecule has 0 spiro atoms. The van der Waals surface area contributed by atoms with Gasteiger partial charge in [-0.05, 0) is 31.4 Å². The van der Waals surface area contributed by atoms with Crippen molar-refractivity contribution in [1.82, 2.24) is 5.32 Å². The summed E-state index contributed by atoms with van der Waals surface area (Å²) in [7, 11) is 0. The van der Waals surface area contributed by atoms with E-state index in [0.717, 1.165) is 12.6 Å². The number of fused-ring (bicyclic) bond motifs is 1. The molecular weight excluding hydrogens is 166 g/mol. The monoisotopic (exact) mass is 181 g/mol. The topological polar surface area (TPSA) is 12.0 Å². The number of aryl methyl sites for hydroxylation is 1. The van der Waals surface area contributed by atoms with Crippen LogP contribution in [0, 0.1) is 6.92 Å². The van der Waals surface area contributed by atoms with Crippen LogP contribution in [0.5, 0.6) is 0 Å². The van der Waals surface area contributed by atoms with Crippen LogP contribution in [0.4, 0.5) is 0 Å². The molecule has 0 saturated carbocycles. The summed E-state index contributed by atoms with van der Waals surface area (Å²) in [6, 6.07) is 3.04. The Balaban J connectivity index is 2.22. The molecule has 1 N–H and O–H groups in total. The van der Waals surface area contributed by atoms with Gasteiger partial charge in [0.05, 0.1) is 0 Å². The van der Waals surface area contributed by atoms with Crippen LogP contribution < -0.4 is 5.32 Å². The van der Waals surface area contributed by atoms with Crippen LogP contribution in [0.25, 0.3) is 0 Å². The van der Waals surface area contributed by atoms with Gasteiger partial charge < -0.3 is 5.32 Å². The predicted octanol–water partition coefficient (Wildman–Crippen LogP) is 2.48. The van der Waals surface area contributed by atoms with Gasteiger partial charge >= 0.3 is 0 Å². The third-order valence-electron chi connectivity index (χ3n) is 2.53. The highest BCUT2D eigenvalue weighted by Crippen LogP contribution is 2.26. The van der Waals surface area contributed by atoms with Crippen molar-refractivity contribution in [3.8, 4) is 0 Å². The highest BCUT2D eigenvalue weighted by molar-refractivity contribution is 7.12. The number of hydrogen-bond acceptors (Lipinski definition) is 2. The molecule has 2 heterocycles. The molecule has 0 bridgehead atoms. The van der Waals surface area contributed by atoms with E-state index in [1.54, 1.807) is 4.88 Å². The largest absolute Gasteiger partial charge is 0.310 e. The lowest BCUT2D eigenvalue weighted by Crippen LogP contribution is -2.33. The van der Waals surface area contributed by atoms with E-state index < -0.39 is 0 Å². The summed E-state index contributed by atoms with van der Waals surface area (Å²) in [6.45, 7) is 5.53. The average Bonchev–Trinajstić information content (AvgIpc) is 2.43. The molecule has 1 unspecified atom stereocenters. The fraction of sp³-hybridized carbons (Fsp3) is 0.600. The fourth-order valence-electron chi connectivity index (χ4n) is 1.78. The maximum Gasteiger partial charge on any atom is 0.0219 e. The Hall–Kier alpha value is -0.340. The van der Waals surface area contributed by atoms with Crippen molar-refractivity contribution < 1.29 is 0 Å². The van der Waals surface area contributed by atoms with Crippen LogP contribution in [0.15, 0.2) is 6.07 Å². The third kappa shape index (κ3) is 1.41. The van der Waals surface area contributed by atoms with Crippen molar-refractivity contribution in [3.05, 3.63) is 21.4 Å². The number of nitrogens with one attached hydrogen (secondary N) is 1. The molecule has 0 fully saturated rings. The van der Waals surface area contributed by atoms with Crippen molar-refractivity contribution >= 4 is 11.3 Å². The molecule has 1 aliphatic rings. The van der Waals surface area contributed by atoms with Crippen molar-refractivity contribution in [2.24, 2.45) is 0 Å². The first-order valence-electron chi connectivity index (χ1n) is 4.61. The molecular formula is C10H15NS. The van der Waals surface area contributed by atoms with Gasteiger partial charge in [0, 0.05) is 22.3 Å². The van der Waals surface area contributed by atoms with E-state index in [2.05, 4.69) is 25.2 Å². The lowest BCUT2D eigenvalue weighted by molar-refractivity contribution is 0.473. The molecule has 1 aromatic rings. The Morgan fingerprint density at radius 1 is 1.67 bits per heavy atom. The molecule has 0 saturated heterocycles. The first-order valence-corrected chi connectivity index (χ1v) is 5.43. The molecule has 2 rings (SSSR count). The minimum absolute atomic E-state index is 0.718. The van der Waals surface area contributed by atoms with E-state index in [1.807, 2.05) is 11.3 Å². The lowest BCUT2D eigenvalue weighted by atomic mass is 10.0. The Labute approximate surface area is 77.8 Å². The molecule has 2 heteroatoms. The summed E-state index contributed by atoms with van der Waals surface area (Å²) in [5.74, 6) is 0. The predicted molar refractivity (Wildman–Crippen MR) is 53.7 cm³/mol. The first-order chi connectivity index (χ1) is 5.79. The van der Waals surface area contributed by atoms with E-state index >= 15 is 0 Å². The zero-order chi connectivity index (χ0) is 8.55. The van der Waals surface area contributed by atoms with Crippen molar-refractivity contribution in [2.45, 2.75) is 39.3 Å². The third-order valence-corrected chi connectivity index (χ3v) is 3.64. The summed E-state index contributed by atoms with van der Waals surface area (Å²) in [4.78, 5) is 3.07. The normalized spacial score (nSPS) is 22.3. The maximum absolute atomic E-state index is 3.54. The lowest BCUT2D eigenvalue weighted by Gasteiger charge is -2.22. The van der Waals surface area contributed by atoms with E-state index in [1.165, 1.54) is 23.3 Å². The second-order valence-corrected chi connectivity index (χ2v) is 4.84. The summed E-state index contributed by atoms with van der Waals surface area (Å²) in [6.07, 6.45) is 2.49. The minimum Gasteiger partial charge on any atom is -0.310 e. The minimum atomic E-state index is 0.718. The summed E-state index contributed by atoms with van der Waals surface area (Å²) in [5.41, 5.74) is 1.53. The van der Waals surface area contributed by atoms with Gasteiger partial charge in [-0.2, -0.15) is 0 Å². The molecule has 12 heavy (non-hydrogen) atoms. The zero-order valence-corrected chi connectivity index (χ0v) is 8.50. The Morgan fingerprint density at radius 3 is 3.25 bits per heavy atom. The highest BCUT2D eigenvalue weighted by Gasteiger charge is 2.17. The van der Waals surface area contributed by atoms with Crippen molar-refractivity contribution in [3.63, 3.8) is 0 Å². The van der Waals surface area contributed by atoms with Crippen molar-refractivity contribution in [1.29, 1.82) is 0 Å². The van der Waals surface area contributed by atoms with Gasteiger partial charge in [0.1, 0.15) is 0 Å². The molecule has 0 amide bonds. The van der Waals surface area contributed by atoms with Crippen LogP contribution in [0.3, 0.4) is 0 Å². The molecule has 0 radical (unpaired) electrons. The summed E-state index contributed by atoms with van der Waals surface area (Å²) < 4.78 is 0. The maximum atomic E-state index is 3.54. The number of thiophene rings is 1. The zero-order valence-electron chi connectivity index (χ0n) is 7.68. The Morgan fingerprint density at radius 2 is 2.50 bits per heavy atom. The van der Waals surface area contributed by atoms with Crippen molar-refractivity contribution in [2.75, 3.05) is 0 Å². The van der Waals surface area contributed by atoms with Gasteiger partial charge in [-0.3, -0.25) is 0 Å². The van der Waals surface area contributed by atoms with Gasteiger partial charge in [-0.15, -0.1) is 11.3 Å². The van der Waals surface area contributed by atoms with E-state index in [-0.39, 0.29) is 0 Å². The molecule has 1 aliphatic heterocycles. The second-order valence-electron chi connectivity index (χ2n) is 3.50. The first kappa shape index (κ1) is 8.27. The quantitative estimate of drug-likeness (QED) is 0.702. The summed E-state index contributed by atoms with van der Waals surface area (Å²) in [5, 5.41) is 3.54. The van der Waals surface area contributed by atoms with Crippen LogP contribution in [0.2, 0.25) is 0 Å². The fourth-order valence-corrected chi connectivity index (χ4v) is 2.91. The smallest absolute Gasteiger partial charge is 0.0219 e. The average molecular weight is 181 g/mol. The van der Waals surface area contributed by atoms with Crippen LogP contribution in [-0.4, -0.2) is 6.04 Å². The van der Waals surface area contributed by atoms with E-state index in [0.29, 0.717) is 0 Å². The standard InChI is InChI=1S/C10H15NS/c1-3-9-5-10-8(6-11-9)4-7(2)12-10/h4,9,11H,3,5-6H2,1-2H3. The SMILES string of the molecule is CCC1Cc2sc(C)cc2CN1. The van der Waals surface area contributed by atoms with Crippen LogP contribution in [-0.2, 0) is 13.0 Å². The van der Waals surface area contributed by atoms with Gasteiger partial charge in [-0.1, -0.05) is 6.92 Å². The van der Waals surface area contributed by atoms with Gasteiger partial charge in [0.15, 0.2) is 0 Å². The van der Waals surface area contributed by atoms with E-state index in [4.69, 9.17) is 0 Å². The molecule has 1 nitrogen and oxygen atoms in total. The van der Waals surface area contributed by atoms with Gasteiger partial charge in [-0.25, -0.2) is 0 Å². The van der Waals surface area contributed by atoms with Crippen LogP contribution >= 0.6 is 11.3 Å². The molecule has 66 valence electrons. The Bertz CT molecular complexity index is 277. The van der Waals surface area contributed by atoms with Crippen LogP contribution in [0.1, 0.15) is 28.7 Å².